The number of hydrogen-bond acceptors (Lipinski definition) is 2. The summed E-state index contributed by atoms with van der Waals surface area (Å²) in [5, 5.41) is 2.85. The number of carbonyl (C=O) groups excluding carboxylic acids is 1. The van der Waals surface area contributed by atoms with Gasteiger partial charge in [0.05, 0.1) is 12.1 Å². The predicted octanol–water partition coefficient (Wildman–Crippen LogP) is 2.94. The normalized spacial score (nSPS) is 19.2. The first-order valence-corrected chi connectivity index (χ1v) is 7.10. The van der Waals surface area contributed by atoms with E-state index in [4.69, 9.17) is 11.6 Å². The molecule has 1 atom stereocenters. The zero-order valence-corrected chi connectivity index (χ0v) is 12.0. The predicted molar refractivity (Wildman–Crippen MR) is 74.3 cm³/mol. The highest BCUT2D eigenvalue weighted by molar-refractivity contribution is 6.30. The lowest BCUT2D eigenvalue weighted by Gasteiger charge is -2.24. The summed E-state index contributed by atoms with van der Waals surface area (Å²) in [4.78, 5) is 13.6. The summed E-state index contributed by atoms with van der Waals surface area (Å²) in [5.41, 5.74) is -0.138. The highest BCUT2D eigenvalue weighted by Gasteiger charge is 2.27. The van der Waals surface area contributed by atoms with E-state index < -0.39 is 18.1 Å². The van der Waals surface area contributed by atoms with Crippen molar-refractivity contribution < 1.29 is 18.0 Å². The van der Waals surface area contributed by atoms with Gasteiger partial charge in [0.25, 0.3) is 12.3 Å². The lowest BCUT2D eigenvalue weighted by Crippen LogP contribution is -2.42. The minimum Gasteiger partial charge on any atom is -0.350 e. The van der Waals surface area contributed by atoms with Crippen LogP contribution in [0.25, 0.3) is 0 Å². The number of alkyl halides is 2. The first-order chi connectivity index (χ1) is 9.97. The van der Waals surface area contributed by atoms with Crippen molar-refractivity contribution in [2.75, 3.05) is 19.6 Å². The summed E-state index contributed by atoms with van der Waals surface area (Å²) in [7, 11) is 0. The smallest absolute Gasteiger partial charge is 0.254 e. The van der Waals surface area contributed by atoms with Gasteiger partial charge in [0.2, 0.25) is 0 Å². The fraction of sp³-hybridized carbons (Fsp3) is 0.500. The zero-order valence-electron chi connectivity index (χ0n) is 11.3. The maximum atomic E-state index is 13.5. The SMILES string of the molecule is O=C(NCC1CCCN1CC(F)F)c1cc(Cl)ccc1F. The molecule has 1 aliphatic rings. The molecule has 1 saturated heterocycles. The second-order valence-corrected chi connectivity index (χ2v) is 5.45. The zero-order chi connectivity index (χ0) is 15.4. The van der Waals surface area contributed by atoms with Crippen molar-refractivity contribution in [2.24, 2.45) is 0 Å². The fourth-order valence-electron chi connectivity index (χ4n) is 2.52. The third-order valence-electron chi connectivity index (χ3n) is 3.54. The maximum absolute atomic E-state index is 13.5. The van der Waals surface area contributed by atoms with E-state index in [0.29, 0.717) is 6.54 Å². The van der Waals surface area contributed by atoms with Gasteiger partial charge in [-0.25, -0.2) is 13.2 Å². The van der Waals surface area contributed by atoms with E-state index in [1.165, 1.54) is 12.1 Å². The molecule has 0 saturated carbocycles. The van der Waals surface area contributed by atoms with Gasteiger partial charge >= 0.3 is 0 Å². The molecule has 2 rings (SSSR count). The van der Waals surface area contributed by atoms with Gasteiger partial charge in [-0.2, -0.15) is 0 Å². The Morgan fingerprint density at radius 2 is 2.24 bits per heavy atom. The van der Waals surface area contributed by atoms with E-state index in [0.717, 1.165) is 18.9 Å². The lowest BCUT2D eigenvalue weighted by molar-refractivity contribution is 0.0791. The van der Waals surface area contributed by atoms with Gasteiger partial charge in [0.1, 0.15) is 5.82 Å². The highest BCUT2D eigenvalue weighted by atomic mass is 35.5. The number of rotatable bonds is 5. The van der Waals surface area contributed by atoms with E-state index >= 15 is 0 Å². The summed E-state index contributed by atoms with van der Waals surface area (Å²) in [6, 6.07) is 3.59. The molecule has 7 heteroatoms. The molecule has 1 aliphatic heterocycles. The lowest BCUT2D eigenvalue weighted by atomic mass is 10.1. The summed E-state index contributed by atoms with van der Waals surface area (Å²) in [6.45, 7) is 0.514. The quantitative estimate of drug-likeness (QED) is 0.904. The Hall–Kier alpha value is -1.27. The molecule has 0 bridgehead atoms. The number of benzene rings is 1. The van der Waals surface area contributed by atoms with Crippen LogP contribution >= 0.6 is 11.6 Å². The molecule has 1 N–H and O–H groups in total. The molecule has 21 heavy (non-hydrogen) atoms. The van der Waals surface area contributed by atoms with Crippen LogP contribution in [0.1, 0.15) is 23.2 Å². The van der Waals surface area contributed by atoms with Gasteiger partial charge in [-0.05, 0) is 37.6 Å². The van der Waals surface area contributed by atoms with E-state index in [9.17, 15) is 18.0 Å². The number of likely N-dealkylation sites (tertiary alicyclic amines) is 1. The molecule has 1 heterocycles. The molecule has 0 aromatic heterocycles. The van der Waals surface area contributed by atoms with Crippen molar-refractivity contribution in [2.45, 2.75) is 25.3 Å². The van der Waals surface area contributed by atoms with E-state index in [-0.39, 0.29) is 29.7 Å². The molecular formula is C14H16ClF3N2O. The van der Waals surface area contributed by atoms with Crippen LogP contribution in [0, 0.1) is 5.82 Å². The average molecular weight is 321 g/mol. The number of halogens is 4. The van der Waals surface area contributed by atoms with Crippen molar-refractivity contribution in [1.29, 1.82) is 0 Å². The van der Waals surface area contributed by atoms with Crippen LogP contribution in [0.4, 0.5) is 13.2 Å². The Morgan fingerprint density at radius 1 is 1.48 bits per heavy atom. The third-order valence-corrected chi connectivity index (χ3v) is 3.78. The Labute approximate surface area is 126 Å². The van der Waals surface area contributed by atoms with Crippen LogP contribution in [0.15, 0.2) is 18.2 Å². The Bertz CT molecular complexity index is 513. The molecule has 0 spiro atoms. The number of nitrogens with one attached hydrogen (secondary N) is 1. The minimum absolute atomic E-state index is 0.134. The second kappa shape index (κ2) is 7.13. The summed E-state index contributed by atoms with van der Waals surface area (Å²) >= 11 is 5.73. The first-order valence-electron chi connectivity index (χ1n) is 6.73. The monoisotopic (exact) mass is 320 g/mol. The summed E-state index contributed by atoms with van der Waals surface area (Å²) < 4.78 is 38.4. The van der Waals surface area contributed by atoms with Gasteiger partial charge in [0.15, 0.2) is 0 Å². The van der Waals surface area contributed by atoms with Crippen LogP contribution in [0.3, 0.4) is 0 Å². The van der Waals surface area contributed by atoms with Crippen molar-refractivity contribution >= 4 is 17.5 Å². The molecule has 116 valence electrons. The molecule has 1 fully saturated rings. The van der Waals surface area contributed by atoms with Crippen LogP contribution < -0.4 is 5.32 Å². The van der Waals surface area contributed by atoms with E-state index in [1.807, 2.05) is 0 Å². The maximum Gasteiger partial charge on any atom is 0.254 e. The first kappa shape index (κ1) is 16.1. The molecule has 1 aromatic rings. The standard InChI is InChI=1S/C14H16ClF3N2O/c15-9-3-4-12(16)11(6-9)14(21)19-7-10-2-1-5-20(10)8-13(17)18/h3-4,6,10,13H,1-2,5,7-8H2,(H,19,21). The summed E-state index contributed by atoms with van der Waals surface area (Å²) in [6.07, 6.45) is -0.837. The van der Waals surface area contributed by atoms with Crippen molar-refractivity contribution in [1.82, 2.24) is 10.2 Å². The molecule has 0 radical (unpaired) electrons. The van der Waals surface area contributed by atoms with Gasteiger partial charge < -0.3 is 5.32 Å². The highest BCUT2D eigenvalue weighted by Crippen LogP contribution is 2.18. The van der Waals surface area contributed by atoms with Crippen molar-refractivity contribution in [3.05, 3.63) is 34.6 Å². The second-order valence-electron chi connectivity index (χ2n) is 5.02. The number of amides is 1. The third kappa shape index (κ3) is 4.35. The van der Waals surface area contributed by atoms with Crippen molar-refractivity contribution in [3.8, 4) is 0 Å². The Morgan fingerprint density at radius 3 is 2.95 bits per heavy atom. The van der Waals surface area contributed by atoms with Crippen LogP contribution in [-0.2, 0) is 0 Å². The largest absolute Gasteiger partial charge is 0.350 e. The molecule has 3 nitrogen and oxygen atoms in total. The van der Waals surface area contributed by atoms with Crippen LogP contribution in [-0.4, -0.2) is 42.9 Å². The number of nitrogens with zero attached hydrogens (tertiary/aromatic N) is 1. The van der Waals surface area contributed by atoms with Crippen molar-refractivity contribution in [3.63, 3.8) is 0 Å². The van der Waals surface area contributed by atoms with Crippen LogP contribution in [0.5, 0.6) is 0 Å². The number of hydrogen-bond donors (Lipinski definition) is 1. The fourth-order valence-corrected chi connectivity index (χ4v) is 2.69. The van der Waals surface area contributed by atoms with E-state index in [1.54, 1.807) is 4.90 Å². The molecule has 1 unspecified atom stereocenters. The Kier molecular flexibility index (Phi) is 5.47. The van der Waals surface area contributed by atoms with E-state index in [2.05, 4.69) is 5.32 Å². The van der Waals surface area contributed by atoms with Crippen LogP contribution in [0.2, 0.25) is 5.02 Å². The summed E-state index contributed by atoms with van der Waals surface area (Å²) in [5.74, 6) is -1.24. The minimum atomic E-state index is -2.40. The molecular weight excluding hydrogens is 305 g/mol. The van der Waals surface area contributed by atoms with Gasteiger partial charge in [-0.15, -0.1) is 0 Å². The molecule has 1 amide bonds. The topological polar surface area (TPSA) is 32.3 Å². The van der Waals surface area contributed by atoms with Gasteiger partial charge in [0, 0.05) is 17.6 Å². The number of carbonyl (C=O) groups is 1. The molecule has 1 aromatic carbocycles. The molecule has 0 aliphatic carbocycles. The Balaban J connectivity index is 1.93. The average Bonchev–Trinajstić information content (AvgIpc) is 2.85. The van der Waals surface area contributed by atoms with Gasteiger partial charge in [-0.3, -0.25) is 9.69 Å². The van der Waals surface area contributed by atoms with Gasteiger partial charge in [-0.1, -0.05) is 11.6 Å².